The van der Waals surface area contributed by atoms with E-state index < -0.39 is 11.0 Å². The molecule has 1 rings (SSSR count). The summed E-state index contributed by atoms with van der Waals surface area (Å²) in [7, 11) is 0. The number of nitrogens with zero attached hydrogens (tertiary/aromatic N) is 1. The van der Waals surface area contributed by atoms with Gasteiger partial charge in [-0.1, -0.05) is 25.4 Å². The van der Waals surface area contributed by atoms with Crippen molar-refractivity contribution in [2.75, 3.05) is 0 Å². The van der Waals surface area contributed by atoms with E-state index in [0.717, 1.165) is 0 Å². The van der Waals surface area contributed by atoms with Crippen molar-refractivity contribution in [3.8, 4) is 0 Å². The second kappa shape index (κ2) is 6.16. The second-order valence-corrected chi connectivity index (χ2v) is 5.32. The van der Waals surface area contributed by atoms with E-state index in [1.807, 2.05) is 13.8 Å². The molecule has 0 aliphatic heterocycles. The molecule has 18 heavy (non-hydrogen) atoms. The molecule has 5 heteroatoms. The van der Waals surface area contributed by atoms with E-state index >= 15 is 0 Å². The largest absolute Gasteiger partial charge is 0.393 e. The summed E-state index contributed by atoms with van der Waals surface area (Å²) >= 11 is 5.88. The van der Waals surface area contributed by atoms with Crippen LogP contribution in [0.15, 0.2) is 18.2 Å². The van der Waals surface area contributed by atoms with Crippen LogP contribution in [-0.4, -0.2) is 16.1 Å². The molecule has 2 atom stereocenters. The Bertz CT molecular complexity index is 424. The highest BCUT2D eigenvalue weighted by molar-refractivity contribution is 6.30. The fraction of sp³-hybridized carbons (Fsp3) is 0.538. The summed E-state index contributed by atoms with van der Waals surface area (Å²) in [6.07, 6.45) is -0.0600. The van der Waals surface area contributed by atoms with E-state index in [2.05, 4.69) is 0 Å². The minimum Gasteiger partial charge on any atom is -0.393 e. The number of hydrogen-bond acceptors (Lipinski definition) is 3. The highest BCUT2D eigenvalue weighted by atomic mass is 35.5. The molecule has 1 aromatic rings. The average Bonchev–Trinajstić information content (AvgIpc) is 2.24. The molecule has 0 saturated carbocycles. The van der Waals surface area contributed by atoms with Gasteiger partial charge in [0.15, 0.2) is 0 Å². The van der Waals surface area contributed by atoms with Gasteiger partial charge in [-0.05, 0) is 37.3 Å². The van der Waals surface area contributed by atoms with E-state index in [4.69, 9.17) is 11.6 Å². The molecule has 0 bridgehead atoms. The van der Waals surface area contributed by atoms with Crippen LogP contribution in [-0.2, 0) is 6.42 Å². The minimum atomic E-state index is -0.511. The lowest BCUT2D eigenvalue weighted by atomic mass is 9.85. The number of hydrogen-bond donors (Lipinski definition) is 1. The fourth-order valence-corrected chi connectivity index (χ4v) is 2.31. The molecular weight excluding hydrogens is 254 g/mol. The number of aliphatic hydroxyl groups is 1. The molecular formula is C13H18ClNO3. The van der Waals surface area contributed by atoms with E-state index in [-0.39, 0.29) is 17.5 Å². The molecule has 100 valence electrons. The zero-order chi connectivity index (χ0) is 13.9. The first-order valence-electron chi connectivity index (χ1n) is 5.93. The predicted octanol–water partition coefficient (Wildman–Crippen LogP) is 3.44. The van der Waals surface area contributed by atoms with Gasteiger partial charge in [-0.2, -0.15) is 0 Å². The van der Waals surface area contributed by atoms with Crippen LogP contribution in [0, 0.1) is 22.0 Å². The quantitative estimate of drug-likeness (QED) is 0.659. The SMILES string of the molecule is CC(C)C(Cc1cc(Cl)ccc1[N+](=O)[O-])C(C)O. The van der Waals surface area contributed by atoms with Crippen molar-refractivity contribution in [3.63, 3.8) is 0 Å². The van der Waals surface area contributed by atoms with Crippen LogP contribution < -0.4 is 0 Å². The summed E-state index contributed by atoms with van der Waals surface area (Å²) in [5.74, 6) is 0.214. The maximum absolute atomic E-state index is 11.0. The van der Waals surface area contributed by atoms with Crippen molar-refractivity contribution in [2.24, 2.45) is 11.8 Å². The van der Waals surface area contributed by atoms with E-state index in [1.165, 1.54) is 12.1 Å². The van der Waals surface area contributed by atoms with Gasteiger partial charge >= 0.3 is 0 Å². The van der Waals surface area contributed by atoms with Crippen LogP contribution in [0.3, 0.4) is 0 Å². The summed E-state index contributed by atoms with van der Waals surface area (Å²) in [6.45, 7) is 5.70. The van der Waals surface area contributed by atoms with Crippen molar-refractivity contribution in [1.29, 1.82) is 0 Å². The normalized spacial score (nSPS) is 14.6. The molecule has 0 saturated heterocycles. The maximum Gasteiger partial charge on any atom is 0.272 e. The lowest BCUT2D eigenvalue weighted by Gasteiger charge is -2.23. The maximum atomic E-state index is 11.0. The Labute approximate surface area is 112 Å². The monoisotopic (exact) mass is 271 g/mol. The van der Waals surface area contributed by atoms with Gasteiger partial charge in [-0.3, -0.25) is 10.1 Å². The summed E-state index contributed by atoms with van der Waals surface area (Å²) in [4.78, 5) is 10.5. The van der Waals surface area contributed by atoms with Crippen LogP contribution in [0.5, 0.6) is 0 Å². The van der Waals surface area contributed by atoms with Gasteiger partial charge in [0.1, 0.15) is 0 Å². The molecule has 0 aromatic heterocycles. The summed E-state index contributed by atoms with van der Waals surface area (Å²) in [5, 5.41) is 21.2. The predicted molar refractivity (Wildman–Crippen MR) is 71.8 cm³/mol. The molecule has 1 aromatic carbocycles. The number of rotatable bonds is 5. The smallest absolute Gasteiger partial charge is 0.272 e. The lowest BCUT2D eigenvalue weighted by molar-refractivity contribution is -0.385. The molecule has 0 amide bonds. The van der Waals surface area contributed by atoms with Crippen LogP contribution in [0.2, 0.25) is 5.02 Å². The zero-order valence-corrected chi connectivity index (χ0v) is 11.5. The Balaban J connectivity index is 3.08. The first-order valence-corrected chi connectivity index (χ1v) is 6.31. The number of benzene rings is 1. The Morgan fingerprint density at radius 2 is 2.00 bits per heavy atom. The lowest BCUT2D eigenvalue weighted by Crippen LogP contribution is -2.24. The van der Waals surface area contributed by atoms with E-state index in [1.54, 1.807) is 13.0 Å². The zero-order valence-electron chi connectivity index (χ0n) is 10.8. The topological polar surface area (TPSA) is 63.4 Å². The third-order valence-electron chi connectivity index (χ3n) is 3.17. The Hall–Kier alpha value is -1.13. The Kier molecular flexibility index (Phi) is 5.11. The van der Waals surface area contributed by atoms with Crippen LogP contribution in [0.4, 0.5) is 5.69 Å². The first kappa shape index (κ1) is 14.9. The molecule has 1 N–H and O–H groups in total. The molecule has 0 aliphatic carbocycles. The molecule has 0 heterocycles. The molecule has 0 aliphatic rings. The number of aliphatic hydroxyl groups excluding tert-OH is 1. The molecule has 2 unspecified atom stereocenters. The van der Waals surface area contributed by atoms with E-state index in [0.29, 0.717) is 17.0 Å². The number of halogens is 1. The van der Waals surface area contributed by atoms with Crippen molar-refractivity contribution in [3.05, 3.63) is 38.9 Å². The molecule has 0 radical (unpaired) electrons. The summed E-state index contributed by atoms with van der Waals surface area (Å²) in [6, 6.07) is 4.53. The van der Waals surface area contributed by atoms with Crippen molar-refractivity contribution in [2.45, 2.75) is 33.3 Å². The standard InChI is InChI=1S/C13H18ClNO3/c1-8(2)12(9(3)16)7-10-6-11(14)4-5-13(10)15(17)18/h4-6,8-9,12,16H,7H2,1-3H3. The van der Waals surface area contributed by atoms with Crippen molar-refractivity contribution >= 4 is 17.3 Å². The Morgan fingerprint density at radius 1 is 1.39 bits per heavy atom. The molecule has 0 fully saturated rings. The van der Waals surface area contributed by atoms with Gasteiger partial charge in [0, 0.05) is 16.7 Å². The number of nitro groups is 1. The first-order chi connectivity index (χ1) is 8.32. The minimum absolute atomic E-state index is 0.0258. The Morgan fingerprint density at radius 3 is 2.44 bits per heavy atom. The van der Waals surface area contributed by atoms with E-state index in [9.17, 15) is 15.2 Å². The van der Waals surface area contributed by atoms with Crippen molar-refractivity contribution in [1.82, 2.24) is 0 Å². The highest BCUT2D eigenvalue weighted by Crippen LogP contribution is 2.28. The number of nitro benzene ring substituents is 1. The third-order valence-corrected chi connectivity index (χ3v) is 3.40. The molecule has 4 nitrogen and oxygen atoms in total. The summed E-state index contributed by atoms with van der Waals surface area (Å²) in [5.41, 5.74) is 0.637. The van der Waals surface area contributed by atoms with Gasteiger partial charge in [-0.25, -0.2) is 0 Å². The van der Waals surface area contributed by atoms with Crippen LogP contribution in [0.1, 0.15) is 26.3 Å². The van der Waals surface area contributed by atoms with Crippen LogP contribution in [0.25, 0.3) is 0 Å². The van der Waals surface area contributed by atoms with Crippen LogP contribution >= 0.6 is 11.6 Å². The fourth-order valence-electron chi connectivity index (χ4n) is 2.11. The second-order valence-electron chi connectivity index (χ2n) is 4.88. The van der Waals surface area contributed by atoms with Gasteiger partial charge in [-0.15, -0.1) is 0 Å². The average molecular weight is 272 g/mol. The summed E-state index contributed by atoms with van der Waals surface area (Å²) < 4.78 is 0. The van der Waals surface area contributed by atoms with Gasteiger partial charge in [0.05, 0.1) is 11.0 Å². The third kappa shape index (κ3) is 3.68. The molecule has 0 spiro atoms. The highest BCUT2D eigenvalue weighted by Gasteiger charge is 2.23. The van der Waals surface area contributed by atoms with Gasteiger partial charge in [0.2, 0.25) is 0 Å². The van der Waals surface area contributed by atoms with Gasteiger partial charge < -0.3 is 5.11 Å². The van der Waals surface area contributed by atoms with Crippen molar-refractivity contribution < 1.29 is 10.0 Å². The van der Waals surface area contributed by atoms with Gasteiger partial charge in [0.25, 0.3) is 5.69 Å².